The maximum Gasteiger partial charge on any atom is 0.394 e. The van der Waals surface area contributed by atoms with E-state index in [2.05, 4.69) is 0 Å². The second-order valence-electron chi connectivity index (χ2n) is 5.73. The van der Waals surface area contributed by atoms with E-state index in [4.69, 9.17) is 21.4 Å². The second kappa shape index (κ2) is 7.51. The fraction of sp³-hybridized carbons (Fsp3) is 0.500. The smallest absolute Gasteiger partial charge is 0.394 e. The van der Waals surface area contributed by atoms with Gasteiger partial charge in [0.15, 0.2) is 0 Å². The molecule has 0 saturated carbocycles. The van der Waals surface area contributed by atoms with Crippen molar-refractivity contribution in [1.82, 2.24) is 4.90 Å². The van der Waals surface area contributed by atoms with Gasteiger partial charge in [-0.05, 0) is 13.0 Å². The van der Waals surface area contributed by atoms with Gasteiger partial charge in [-0.3, -0.25) is 9.59 Å². The third-order valence-electron chi connectivity index (χ3n) is 4.09. The molecule has 0 aromatic heterocycles. The molecule has 1 aliphatic rings. The number of ether oxygens (including phenoxy) is 1. The number of amides is 1. The summed E-state index contributed by atoms with van der Waals surface area (Å²) in [6.45, 7) is 0.916. The average molecular weight is 380 g/mol. The molecule has 5 nitrogen and oxygen atoms in total. The maximum atomic E-state index is 13.0. The van der Waals surface area contributed by atoms with Crippen molar-refractivity contribution in [3.8, 4) is 5.75 Å². The molecule has 0 spiro atoms. The van der Waals surface area contributed by atoms with Gasteiger partial charge in [0, 0.05) is 18.7 Å². The summed E-state index contributed by atoms with van der Waals surface area (Å²) in [5.74, 6) is -5.58. The molecular weight excluding hydrogens is 363 g/mol. The summed E-state index contributed by atoms with van der Waals surface area (Å²) in [5, 5.41) is 9.31. The molecule has 0 aliphatic carbocycles. The topological polar surface area (TPSA) is 66.8 Å². The Bertz CT molecular complexity index is 665. The predicted molar refractivity (Wildman–Crippen MR) is 83.6 cm³/mol. The standard InChI is InChI=1S/C16H17ClF3NO4/c1-2-25-14-9(4-3-5-12(14)17)6-13(22)21-7-10(15(23)24)11(8-21)16(18,19)20/h3-5,10-11H,2,6-8H2,1H3,(H,23,24)/t10-,11-/m1/s1. The van der Waals surface area contributed by atoms with Crippen molar-refractivity contribution in [3.63, 3.8) is 0 Å². The van der Waals surface area contributed by atoms with Gasteiger partial charge in [0.05, 0.1) is 29.9 Å². The lowest BCUT2D eigenvalue weighted by molar-refractivity contribution is -0.188. The van der Waals surface area contributed by atoms with Crippen LogP contribution in [0.2, 0.25) is 5.02 Å². The molecule has 138 valence electrons. The molecule has 2 atom stereocenters. The number of likely N-dealkylation sites (tertiary alicyclic amines) is 1. The molecule has 1 heterocycles. The van der Waals surface area contributed by atoms with Crippen LogP contribution in [0.3, 0.4) is 0 Å². The molecule has 1 N–H and O–H groups in total. The summed E-state index contributed by atoms with van der Waals surface area (Å²) < 4.78 is 44.4. The maximum absolute atomic E-state index is 13.0. The van der Waals surface area contributed by atoms with E-state index in [0.717, 1.165) is 4.90 Å². The molecule has 1 aliphatic heterocycles. The van der Waals surface area contributed by atoms with Gasteiger partial charge in [-0.2, -0.15) is 13.2 Å². The molecule has 1 amide bonds. The van der Waals surface area contributed by atoms with Crippen LogP contribution in [-0.2, 0) is 16.0 Å². The first-order valence-corrected chi connectivity index (χ1v) is 8.00. The van der Waals surface area contributed by atoms with Gasteiger partial charge >= 0.3 is 12.1 Å². The Balaban J connectivity index is 2.17. The third kappa shape index (κ3) is 4.36. The van der Waals surface area contributed by atoms with Crippen LogP contribution < -0.4 is 4.74 Å². The number of para-hydroxylation sites is 1. The van der Waals surface area contributed by atoms with Gasteiger partial charge in [-0.15, -0.1) is 0 Å². The first kappa shape index (κ1) is 19.4. The number of carbonyl (C=O) groups is 2. The Morgan fingerprint density at radius 2 is 2.04 bits per heavy atom. The normalized spacial score (nSPS) is 20.6. The lowest BCUT2D eigenvalue weighted by atomic mass is 9.96. The number of alkyl halides is 3. The zero-order valence-corrected chi connectivity index (χ0v) is 14.1. The molecule has 0 unspecified atom stereocenters. The number of hydrogen-bond donors (Lipinski definition) is 1. The summed E-state index contributed by atoms with van der Waals surface area (Å²) >= 11 is 6.02. The van der Waals surface area contributed by atoms with Crippen LogP contribution in [0.1, 0.15) is 12.5 Å². The van der Waals surface area contributed by atoms with Gasteiger partial charge in [-0.1, -0.05) is 23.7 Å². The molecule has 9 heteroatoms. The minimum Gasteiger partial charge on any atom is -0.492 e. The summed E-state index contributed by atoms with van der Waals surface area (Å²) in [4.78, 5) is 24.4. The van der Waals surface area contributed by atoms with Crippen molar-refractivity contribution in [1.29, 1.82) is 0 Å². The number of halogens is 4. The lowest BCUT2D eigenvalue weighted by Gasteiger charge is -2.19. The highest BCUT2D eigenvalue weighted by atomic mass is 35.5. The number of carbonyl (C=O) groups excluding carboxylic acids is 1. The van der Waals surface area contributed by atoms with Crippen LogP contribution in [0.5, 0.6) is 5.75 Å². The first-order chi connectivity index (χ1) is 11.6. The summed E-state index contributed by atoms with van der Waals surface area (Å²) in [7, 11) is 0. The van der Waals surface area contributed by atoms with Gasteiger partial charge < -0.3 is 14.7 Å². The van der Waals surface area contributed by atoms with Crippen LogP contribution in [0.25, 0.3) is 0 Å². The van der Waals surface area contributed by atoms with Crippen molar-refractivity contribution >= 4 is 23.5 Å². The summed E-state index contributed by atoms with van der Waals surface area (Å²) in [5.41, 5.74) is 0.446. The van der Waals surface area contributed by atoms with Crippen molar-refractivity contribution in [2.45, 2.75) is 19.5 Å². The Morgan fingerprint density at radius 1 is 1.36 bits per heavy atom. The highest BCUT2D eigenvalue weighted by Crippen LogP contribution is 2.38. The van der Waals surface area contributed by atoms with Gasteiger partial charge in [-0.25, -0.2) is 0 Å². The molecule has 1 aromatic rings. The minimum absolute atomic E-state index is 0.215. The number of hydrogen-bond acceptors (Lipinski definition) is 3. The molecule has 25 heavy (non-hydrogen) atoms. The van der Waals surface area contributed by atoms with E-state index in [1.54, 1.807) is 25.1 Å². The number of rotatable bonds is 5. The SMILES string of the molecule is CCOc1c(Cl)cccc1CC(=O)N1C[C@@H](C(F)(F)F)[C@H](C(=O)O)C1. The summed E-state index contributed by atoms with van der Waals surface area (Å²) in [6, 6.07) is 4.79. The fourth-order valence-electron chi connectivity index (χ4n) is 2.86. The summed E-state index contributed by atoms with van der Waals surface area (Å²) in [6.07, 6.45) is -4.89. The van der Waals surface area contributed by atoms with Crippen molar-refractivity contribution in [3.05, 3.63) is 28.8 Å². The highest BCUT2D eigenvalue weighted by Gasteiger charge is 2.53. The molecule has 1 saturated heterocycles. The Morgan fingerprint density at radius 3 is 2.56 bits per heavy atom. The van der Waals surface area contributed by atoms with Crippen LogP contribution >= 0.6 is 11.6 Å². The number of carboxylic acid groups (broad SMARTS) is 1. The number of nitrogens with zero attached hydrogens (tertiary/aromatic N) is 1. The number of aliphatic carboxylic acids is 1. The monoisotopic (exact) mass is 379 g/mol. The van der Waals surface area contributed by atoms with E-state index >= 15 is 0 Å². The van der Waals surface area contributed by atoms with E-state index in [0.29, 0.717) is 22.9 Å². The molecular formula is C16H17ClF3NO4. The van der Waals surface area contributed by atoms with Gasteiger partial charge in [0.1, 0.15) is 5.75 Å². The van der Waals surface area contributed by atoms with E-state index in [9.17, 15) is 22.8 Å². The Labute approximate surface area is 147 Å². The van der Waals surface area contributed by atoms with E-state index in [1.165, 1.54) is 0 Å². The van der Waals surface area contributed by atoms with E-state index in [-0.39, 0.29) is 6.42 Å². The second-order valence-corrected chi connectivity index (χ2v) is 6.14. The predicted octanol–water partition coefficient (Wildman–Crippen LogP) is 3.00. The van der Waals surface area contributed by atoms with Crippen molar-refractivity contribution in [2.75, 3.05) is 19.7 Å². The van der Waals surface area contributed by atoms with E-state index in [1.807, 2.05) is 0 Å². The number of benzene rings is 1. The van der Waals surface area contributed by atoms with Gasteiger partial charge in [0.25, 0.3) is 0 Å². The largest absolute Gasteiger partial charge is 0.492 e. The Kier molecular flexibility index (Phi) is 5.82. The molecule has 1 aromatic carbocycles. The number of carboxylic acids is 1. The van der Waals surface area contributed by atoms with Crippen molar-refractivity contribution < 1.29 is 32.6 Å². The average Bonchev–Trinajstić information content (AvgIpc) is 2.96. The lowest BCUT2D eigenvalue weighted by Crippen LogP contribution is -2.34. The first-order valence-electron chi connectivity index (χ1n) is 7.62. The fourth-order valence-corrected chi connectivity index (χ4v) is 3.11. The molecule has 0 radical (unpaired) electrons. The Hall–Kier alpha value is -1.96. The molecule has 2 rings (SSSR count). The quantitative estimate of drug-likeness (QED) is 0.854. The zero-order valence-electron chi connectivity index (χ0n) is 13.3. The van der Waals surface area contributed by atoms with E-state index < -0.39 is 43.0 Å². The van der Waals surface area contributed by atoms with Crippen LogP contribution in [0, 0.1) is 11.8 Å². The van der Waals surface area contributed by atoms with Crippen LogP contribution in [0.15, 0.2) is 18.2 Å². The van der Waals surface area contributed by atoms with Crippen molar-refractivity contribution in [2.24, 2.45) is 11.8 Å². The zero-order chi connectivity index (χ0) is 18.8. The van der Waals surface area contributed by atoms with Gasteiger partial charge in [0.2, 0.25) is 5.91 Å². The molecule has 0 bridgehead atoms. The van der Waals surface area contributed by atoms with Crippen LogP contribution in [0.4, 0.5) is 13.2 Å². The third-order valence-corrected chi connectivity index (χ3v) is 4.39. The van der Waals surface area contributed by atoms with Crippen LogP contribution in [-0.4, -0.2) is 47.8 Å². The minimum atomic E-state index is -4.68. The molecule has 1 fully saturated rings. The highest BCUT2D eigenvalue weighted by molar-refractivity contribution is 6.32.